The summed E-state index contributed by atoms with van der Waals surface area (Å²) >= 11 is 0. The Labute approximate surface area is 214 Å². The van der Waals surface area contributed by atoms with E-state index >= 15 is 0 Å². The Morgan fingerprint density at radius 3 is 2.36 bits per heavy atom. The summed E-state index contributed by atoms with van der Waals surface area (Å²) in [5.74, 6) is -0.257. The number of carboxylic acid groups (broad SMARTS) is 1. The largest absolute Gasteiger partial charge is 0.494 e. The van der Waals surface area contributed by atoms with E-state index in [2.05, 4.69) is 6.92 Å². The van der Waals surface area contributed by atoms with Crippen molar-refractivity contribution in [2.24, 2.45) is 0 Å². The molecule has 8 nitrogen and oxygen atoms in total. The molecule has 0 aliphatic carbocycles. The highest BCUT2D eigenvalue weighted by Crippen LogP contribution is 2.18. The Morgan fingerprint density at radius 2 is 1.72 bits per heavy atom. The number of nitrogens with zero attached hydrogens (tertiary/aromatic N) is 1. The van der Waals surface area contributed by atoms with Crippen molar-refractivity contribution < 1.29 is 33.6 Å². The number of hydrogen-bond donors (Lipinski definition) is 1. The third kappa shape index (κ3) is 10.0. The molecule has 0 saturated heterocycles. The molecule has 1 N–H and O–H groups in total. The number of carboxylic acids is 1. The smallest absolute Gasteiger partial charge is 0.418 e. The molecule has 1 aromatic carbocycles. The van der Waals surface area contributed by atoms with Crippen LogP contribution in [0.25, 0.3) is 0 Å². The van der Waals surface area contributed by atoms with Gasteiger partial charge in [0.1, 0.15) is 5.75 Å². The molecule has 0 aliphatic heterocycles. The van der Waals surface area contributed by atoms with Crippen molar-refractivity contribution in [2.45, 2.75) is 78.4 Å². The minimum absolute atomic E-state index is 0.195. The highest BCUT2D eigenvalue weighted by Gasteiger charge is 2.18. The van der Waals surface area contributed by atoms with E-state index < -0.39 is 12.1 Å². The van der Waals surface area contributed by atoms with Gasteiger partial charge in [0.2, 0.25) is 0 Å². The zero-order chi connectivity index (χ0) is 26.3. The lowest BCUT2D eigenvalue weighted by Crippen LogP contribution is -2.26. The average Bonchev–Trinajstić information content (AvgIpc) is 3.24. The van der Waals surface area contributed by atoms with Gasteiger partial charge in [0.05, 0.1) is 19.3 Å². The molecule has 1 heterocycles. The third-order valence-electron chi connectivity index (χ3n) is 5.59. The maximum Gasteiger partial charge on any atom is 0.418 e. The first kappa shape index (κ1) is 29.4. The number of unbranched alkanes of at least 4 members (excludes halogenated alkanes) is 1. The summed E-state index contributed by atoms with van der Waals surface area (Å²) in [7, 11) is 0. The van der Waals surface area contributed by atoms with Crippen LogP contribution in [-0.4, -0.2) is 60.4 Å². The van der Waals surface area contributed by atoms with Gasteiger partial charge in [-0.25, -0.2) is 9.59 Å². The topological polar surface area (TPSA) is 96.2 Å². The van der Waals surface area contributed by atoms with Gasteiger partial charge in [-0.15, -0.1) is 0 Å². The van der Waals surface area contributed by atoms with Crippen molar-refractivity contribution in [1.82, 2.24) is 4.57 Å². The van der Waals surface area contributed by atoms with Crippen LogP contribution in [0.3, 0.4) is 0 Å². The summed E-state index contributed by atoms with van der Waals surface area (Å²) < 4.78 is 23.9. The van der Waals surface area contributed by atoms with Crippen LogP contribution in [0.5, 0.6) is 5.75 Å². The second-order valence-electron chi connectivity index (χ2n) is 8.89. The number of rotatable bonds is 17. The molecule has 8 heteroatoms. The van der Waals surface area contributed by atoms with E-state index in [0.717, 1.165) is 49.1 Å². The standard InChI is InChI=1S/C28H41NO7/c1-5-7-17-33-19-15-23-14-16-29(28(32)36-21(3)4)25(23)9-8-18-35-24-12-10-22(11-13-24)20-26(27(30)31)34-6-2/h10-14,16,21,26H,5-9,15,17-20H2,1-4H3,(H,30,31). The van der Waals surface area contributed by atoms with Crippen LogP contribution >= 0.6 is 0 Å². The molecule has 1 atom stereocenters. The number of carbonyl (C=O) groups excluding carboxylic acids is 1. The number of carbonyl (C=O) groups is 2. The van der Waals surface area contributed by atoms with E-state index in [-0.39, 0.29) is 12.2 Å². The Hall–Kier alpha value is -2.84. The summed E-state index contributed by atoms with van der Waals surface area (Å²) in [6, 6.07) is 9.35. The first-order chi connectivity index (χ1) is 17.3. The minimum Gasteiger partial charge on any atom is -0.494 e. The molecular formula is C28H41NO7. The van der Waals surface area contributed by atoms with Gasteiger partial charge in [0, 0.05) is 31.5 Å². The zero-order valence-corrected chi connectivity index (χ0v) is 22.0. The van der Waals surface area contributed by atoms with Gasteiger partial charge in [0.25, 0.3) is 0 Å². The molecule has 0 radical (unpaired) electrons. The molecule has 2 rings (SSSR count). The lowest BCUT2D eigenvalue weighted by atomic mass is 10.1. The summed E-state index contributed by atoms with van der Waals surface area (Å²) in [5.41, 5.74) is 2.88. The predicted molar refractivity (Wildman–Crippen MR) is 138 cm³/mol. The molecule has 0 bridgehead atoms. The number of aromatic nitrogens is 1. The average molecular weight is 504 g/mol. The summed E-state index contributed by atoms with van der Waals surface area (Å²) in [6.07, 6.45) is 4.91. The van der Waals surface area contributed by atoms with Gasteiger partial charge in [-0.05, 0) is 75.8 Å². The first-order valence-electron chi connectivity index (χ1n) is 12.9. The molecule has 0 aliphatic rings. The van der Waals surface area contributed by atoms with Gasteiger partial charge in [-0.1, -0.05) is 25.5 Å². The molecule has 1 unspecified atom stereocenters. The Morgan fingerprint density at radius 1 is 0.972 bits per heavy atom. The van der Waals surface area contributed by atoms with E-state index in [1.807, 2.05) is 44.2 Å². The van der Waals surface area contributed by atoms with E-state index in [1.54, 1.807) is 17.7 Å². The predicted octanol–water partition coefficient (Wildman–Crippen LogP) is 5.28. The minimum atomic E-state index is -0.967. The fourth-order valence-electron chi connectivity index (χ4n) is 3.76. The lowest BCUT2D eigenvalue weighted by Gasteiger charge is -2.14. The Balaban J connectivity index is 1.92. The third-order valence-corrected chi connectivity index (χ3v) is 5.59. The van der Waals surface area contributed by atoms with Crippen molar-refractivity contribution in [3.8, 4) is 5.75 Å². The molecule has 0 fully saturated rings. The first-order valence-corrected chi connectivity index (χ1v) is 12.9. The summed E-state index contributed by atoms with van der Waals surface area (Å²) in [4.78, 5) is 23.9. The number of ether oxygens (including phenoxy) is 4. The Bertz CT molecular complexity index is 920. The fourth-order valence-corrected chi connectivity index (χ4v) is 3.76. The van der Waals surface area contributed by atoms with Gasteiger partial charge >= 0.3 is 12.1 Å². The van der Waals surface area contributed by atoms with Crippen molar-refractivity contribution in [3.05, 3.63) is 53.3 Å². The second-order valence-corrected chi connectivity index (χ2v) is 8.89. The number of aliphatic carboxylic acids is 1. The van der Waals surface area contributed by atoms with Gasteiger partial charge in [-0.2, -0.15) is 0 Å². The van der Waals surface area contributed by atoms with Gasteiger partial charge < -0.3 is 24.1 Å². The summed E-state index contributed by atoms with van der Waals surface area (Å²) in [6.45, 7) is 9.78. The molecule has 200 valence electrons. The Kier molecular flexibility index (Phi) is 13.1. The summed E-state index contributed by atoms with van der Waals surface area (Å²) in [5, 5.41) is 9.25. The van der Waals surface area contributed by atoms with Crippen molar-refractivity contribution in [1.29, 1.82) is 0 Å². The van der Waals surface area contributed by atoms with E-state index in [9.17, 15) is 14.7 Å². The monoisotopic (exact) mass is 503 g/mol. The molecular weight excluding hydrogens is 462 g/mol. The quantitative estimate of drug-likeness (QED) is 0.293. The van der Waals surface area contributed by atoms with Crippen LogP contribution in [0.1, 0.15) is 63.8 Å². The molecule has 0 amide bonds. The second kappa shape index (κ2) is 16.0. The van der Waals surface area contributed by atoms with Crippen molar-refractivity contribution in [2.75, 3.05) is 26.4 Å². The zero-order valence-electron chi connectivity index (χ0n) is 22.0. The number of hydrogen-bond acceptors (Lipinski definition) is 6. The normalized spacial score (nSPS) is 12.0. The van der Waals surface area contributed by atoms with E-state index in [0.29, 0.717) is 38.4 Å². The highest BCUT2D eigenvalue weighted by atomic mass is 16.6. The maximum absolute atomic E-state index is 12.6. The van der Waals surface area contributed by atoms with Gasteiger partial charge in [-0.3, -0.25) is 4.57 Å². The molecule has 0 saturated carbocycles. The molecule has 36 heavy (non-hydrogen) atoms. The van der Waals surface area contributed by atoms with E-state index in [1.165, 1.54) is 0 Å². The van der Waals surface area contributed by atoms with Crippen LogP contribution in [0.15, 0.2) is 36.5 Å². The van der Waals surface area contributed by atoms with Crippen molar-refractivity contribution >= 4 is 12.1 Å². The van der Waals surface area contributed by atoms with Crippen LogP contribution in [0.2, 0.25) is 0 Å². The van der Waals surface area contributed by atoms with Crippen LogP contribution in [0, 0.1) is 0 Å². The molecule has 2 aromatic rings. The van der Waals surface area contributed by atoms with Gasteiger partial charge in [0.15, 0.2) is 6.10 Å². The highest BCUT2D eigenvalue weighted by molar-refractivity contribution is 5.73. The van der Waals surface area contributed by atoms with Crippen LogP contribution in [-0.2, 0) is 38.3 Å². The van der Waals surface area contributed by atoms with Crippen molar-refractivity contribution in [3.63, 3.8) is 0 Å². The van der Waals surface area contributed by atoms with E-state index in [4.69, 9.17) is 18.9 Å². The van der Waals surface area contributed by atoms with Crippen LogP contribution in [0.4, 0.5) is 4.79 Å². The molecule has 0 spiro atoms. The fraction of sp³-hybridized carbons (Fsp3) is 0.571. The lowest BCUT2D eigenvalue weighted by molar-refractivity contribution is -0.149. The SMILES string of the molecule is CCCCOCCc1ccn(C(=O)OC(C)C)c1CCCOc1ccc(CC(OCC)C(=O)O)cc1. The maximum atomic E-state index is 12.6. The van der Waals surface area contributed by atoms with Crippen LogP contribution < -0.4 is 4.74 Å². The molecule has 1 aromatic heterocycles. The number of benzene rings is 1.